The first-order valence-corrected chi connectivity index (χ1v) is 7.34. The summed E-state index contributed by atoms with van der Waals surface area (Å²) in [6.07, 6.45) is 0.597. The first-order valence-electron chi connectivity index (χ1n) is 6.42. The normalized spacial score (nSPS) is 12.2. The van der Waals surface area contributed by atoms with Crippen LogP contribution in [-0.4, -0.2) is 4.92 Å². The van der Waals surface area contributed by atoms with Crippen molar-refractivity contribution in [1.29, 1.82) is 0 Å². The Balaban J connectivity index is 2.25. The number of aryl methyl sites for hydroxylation is 2. The monoisotopic (exact) mass is 333 g/mol. The van der Waals surface area contributed by atoms with Gasteiger partial charge in [0.05, 0.1) is 4.92 Å². The molecule has 0 aliphatic heterocycles. The van der Waals surface area contributed by atoms with Gasteiger partial charge in [-0.1, -0.05) is 52.3 Å². The molecular formula is C16H16BrNO2. The van der Waals surface area contributed by atoms with Gasteiger partial charge in [0.1, 0.15) is 0 Å². The van der Waals surface area contributed by atoms with Crippen LogP contribution in [0.25, 0.3) is 0 Å². The van der Waals surface area contributed by atoms with Gasteiger partial charge in [-0.15, -0.1) is 0 Å². The zero-order valence-electron chi connectivity index (χ0n) is 11.5. The molecule has 0 saturated heterocycles. The van der Waals surface area contributed by atoms with Crippen LogP contribution in [0.15, 0.2) is 42.5 Å². The largest absolute Gasteiger partial charge is 0.272 e. The maximum absolute atomic E-state index is 11.0. The van der Waals surface area contributed by atoms with E-state index in [9.17, 15) is 10.1 Å². The number of para-hydroxylation sites is 1. The Morgan fingerprint density at radius 1 is 1.15 bits per heavy atom. The molecule has 0 saturated carbocycles. The summed E-state index contributed by atoms with van der Waals surface area (Å²) >= 11 is 3.64. The van der Waals surface area contributed by atoms with Crippen molar-refractivity contribution in [2.24, 2.45) is 0 Å². The van der Waals surface area contributed by atoms with Gasteiger partial charge in [-0.05, 0) is 37.0 Å². The average molecular weight is 334 g/mol. The highest BCUT2D eigenvalue weighted by atomic mass is 79.9. The zero-order valence-corrected chi connectivity index (χ0v) is 13.1. The van der Waals surface area contributed by atoms with Gasteiger partial charge in [-0.2, -0.15) is 0 Å². The maximum atomic E-state index is 11.0. The Kier molecular flexibility index (Phi) is 4.55. The molecule has 2 rings (SSSR count). The number of halogens is 1. The minimum Gasteiger partial charge on any atom is -0.258 e. The van der Waals surface area contributed by atoms with Gasteiger partial charge in [0.2, 0.25) is 0 Å². The van der Waals surface area contributed by atoms with E-state index in [1.807, 2.05) is 12.1 Å². The topological polar surface area (TPSA) is 43.1 Å². The van der Waals surface area contributed by atoms with Crippen molar-refractivity contribution in [1.82, 2.24) is 0 Å². The minimum atomic E-state index is -0.324. The van der Waals surface area contributed by atoms with Crippen molar-refractivity contribution < 1.29 is 4.92 Å². The van der Waals surface area contributed by atoms with Crippen LogP contribution in [0.2, 0.25) is 0 Å². The van der Waals surface area contributed by atoms with E-state index in [-0.39, 0.29) is 15.4 Å². The number of benzene rings is 2. The second-order valence-electron chi connectivity index (χ2n) is 4.90. The molecule has 0 aromatic heterocycles. The molecule has 3 nitrogen and oxygen atoms in total. The number of rotatable bonds is 4. The average Bonchev–Trinajstić information content (AvgIpc) is 2.42. The van der Waals surface area contributed by atoms with Crippen LogP contribution in [0.1, 0.15) is 27.1 Å². The molecule has 0 bridgehead atoms. The van der Waals surface area contributed by atoms with Gasteiger partial charge < -0.3 is 0 Å². The van der Waals surface area contributed by atoms with Crippen LogP contribution in [0, 0.1) is 24.0 Å². The summed E-state index contributed by atoms with van der Waals surface area (Å²) in [5.41, 5.74) is 4.55. The third kappa shape index (κ3) is 3.25. The molecule has 4 heteroatoms. The molecule has 1 unspecified atom stereocenters. The highest BCUT2D eigenvalue weighted by Gasteiger charge is 2.17. The van der Waals surface area contributed by atoms with Gasteiger partial charge >= 0.3 is 0 Å². The fraction of sp³-hybridized carbons (Fsp3) is 0.250. The number of hydrogen-bond acceptors (Lipinski definition) is 2. The lowest BCUT2D eigenvalue weighted by Gasteiger charge is -2.12. The van der Waals surface area contributed by atoms with E-state index in [0.717, 1.165) is 11.1 Å². The second-order valence-corrected chi connectivity index (χ2v) is 6.01. The summed E-state index contributed by atoms with van der Waals surface area (Å²) in [5.74, 6) is 0. The molecule has 0 aliphatic carbocycles. The minimum absolute atomic E-state index is 0.0721. The first-order chi connectivity index (χ1) is 9.49. The van der Waals surface area contributed by atoms with Crippen molar-refractivity contribution in [3.05, 3.63) is 74.8 Å². The molecule has 0 aliphatic rings. The zero-order chi connectivity index (χ0) is 14.7. The summed E-state index contributed by atoms with van der Waals surface area (Å²) in [6.45, 7) is 4.15. The van der Waals surface area contributed by atoms with Crippen molar-refractivity contribution in [3.63, 3.8) is 0 Å². The Morgan fingerprint density at radius 3 is 2.50 bits per heavy atom. The molecule has 0 heterocycles. The van der Waals surface area contributed by atoms with Crippen LogP contribution in [-0.2, 0) is 6.42 Å². The van der Waals surface area contributed by atoms with Crippen LogP contribution in [0.5, 0.6) is 0 Å². The van der Waals surface area contributed by atoms with Gasteiger partial charge in [0.25, 0.3) is 5.69 Å². The summed E-state index contributed by atoms with van der Waals surface area (Å²) in [5, 5.41) is 11.0. The molecule has 0 radical (unpaired) electrons. The fourth-order valence-corrected chi connectivity index (χ4v) is 2.77. The van der Waals surface area contributed by atoms with Crippen LogP contribution in [0.3, 0.4) is 0 Å². The van der Waals surface area contributed by atoms with Crippen LogP contribution in [0.4, 0.5) is 5.69 Å². The van der Waals surface area contributed by atoms with Gasteiger partial charge in [0, 0.05) is 16.5 Å². The molecule has 0 amide bonds. The number of nitrogens with zero attached hydrogens (tertiary/aromatic N) is 1. The van der Waals surface area contributed by atoms with Crippen molar-refractivity contribution in [3.8, 4) is 0 Å². The van der Waals surface area contributed by atoms with Crippen LogP contribution < -0.4 is 0 Å². The van der Waals surface area contributed by atoms with E-state index in [4.69, 9.17) is 0 Å². The van der Waals surface area contributed by atoms with E-state index < -0.39 is 0 Å². The number of hydrogen-bond donors (Lipinski definition) is 0. The number of nitro benzene ring substituents is 1. The predicted molar refractivity (Wildman–Crippen MR) is 84.4 cm³/mol. The summed E-state index contributed by atoms with van der Waals surface area (Å²) in [6, 6.07) is 13.2. The SMILES string of the molecule is Cc1ccc(C(Br)Cc2ccccc2[N+](=O)[O-])cc1C. The van der Waals surface area contributed by atoms with Crippen LogP contribution >= 0.6 is 15.9 Å². The Labute approximate surface area is 126 Å². The molecule has 2 aromatic carbocycles. The first kappa shape index (κ1) is 14.7. The maximum Gasteiger partial charge on any atom is 0.272 e. The lowest BCUT2D eigenvalue weighted by atomic mass is 9.99. The summed E-state index contributed by atoms with van der Waals surface area (Å²) < 4.78 is 0. The molecule has 1 atom stereocenters. The molecule has 20 heavy (non-hydrogen) atoms. The van der Waals surface area contributed by atoms with Crippen molar-refractivity contribution in [2.75, 3.05) is 0 Å². The number of alkyl halides is 1. The van der Waals surface area contributed by atoms with Gasteiger partial charge in [-0.25, -0.2) is 0 Å². The second kappa shape index (κ2) is 6.18. The molecule has 0 N–H and O–H groups in total. The van der Waals surface area contributed by atoms with Crippen molar-refractivity contribution in [2.45, 2.75) is 25.1 Å². The molecule has 104 valence electrons. The van der Waals surface area contributed by atoms with E-state index in [0.29, 0.717) is 6.42 Å². The van der Waals surface area contributed by atoms with E-state index >= 15 is 0 Å². The molecule has 2 aromatic rings. The Bertz CT molecular complexity index is 640. The van der Waals surface area contributed by atoms with E-state index in [1.54, 1.807) is 12.1 Å². The number of nitro groups is 1. The van der Waals surface area contributed by atoms with Gasteiger partial charge in [0.15, 0.2) is 0 Å². The van der Waals surface area contributed by atoms with Crippen molar-refractivity contribution >= 4 is 21.6 Å². The third-order valence-electron chi connectivity index (χ3n) is 3.48. The summed E-state index contributed by atoms with van der Waals surface area (Å²) in [7, 11) is 0. The Morgan fingerprint density at radius 2 is 1.85 bits per heavy atom. The summed E-state index contributed by atoms with van der Waals surface area (Å²) in [4.78, 5) is 10.8. The standard InChI is InChI=1S/C16H16BrNO2/c1-11-7-8-13(9-12(11)2)15(17)10-14-5-3-4-6-16(14)18(19)20/h3-9,15H,10H2,1-2H3. The molecular weight excluding hydrogens is 318 g/mol. The highest BCUT2D eigenvalue weighted by molar-refractivity contribution is 9.09. The lowest BCUT2D eigenvalue weighted by Crippen LogP contribution is -2.00. The van der Waals surface area contributed by atoms with Gasteiger partial charge in [-0.3, -0.25) is 10.1 Å². The quantitative estimate of drug-likeness (QED) is 0.454. The third-order valence-corrected chi connectivity index (χ3v) is 4.33. The smallest absolute Gasteiger partial charge is 0.258 e. The molecule has 0 fully saturated rings. The van der Waals surface area contributed by atoms with E-state index in [2.05, 4.69) is 48.0 Å². The molecule has 0 spiro atoms. The van der Waals surface area contributed by atoms with E-state index in [1.165, 1.54) is 11.1 Å². The highest BCUT2D eigenvalue weighted by Crippen LogP contribution is 2.31. The fourth-order valence-electron chi connectivity index (χ4n) is 2.13. The lowest BCUT2D eigenvalue weighted by molar-refractivity contribution is -0.385. The predicted octanol–water partition coefficient (Wildman–Crippen LogP) is 4.89. The Hall–Kier alpha value is -1.68.